The summed E-state index contributed by atoms with van der Waals surface area (Å²) in [4.78, 5) is 0. The van der Waals surface area contributed by atoms with E-state index in [-0.39, 0.29) is 34.3 Å². The van der Waals surface area contributed by atoms with Crippen LogP contribution in [0.5, 0.6) is 5.88 Å². The number of halogens is 4. The van der Waals surface area contributed by atoms with Crippen molar-refractivity contribution in [1.82, 2.24) is 9.78 Å². The quantitative estimate of drug-likeness (QED) is 0.683. The van der Waals surface area contributed by atoms with E-state index in [2.05, 4.69) is 5.10 Å². The van der Waals surface area contributed by atoms with Crippen molar-refractivity contribution in [3.8, 4) is 17.6 Å². The monoisotopic (exact) mass is 406 g/mol. The van der Waals surface area contributed by atoms with Gasteiger partial charge >= 0.3 is 6.18 Å². The fraction of sp³-hybridized carbons (Fsp3) is 0.111. The third kappa shape index (κ3) is 2.78. The summed E-state index contributed by atoms with van der Waals surface area (Å²) in [5.74, 6) is -1.69. The van der Waals surface area contributed by atoms with Crippen LogP contribution in [0.15, 0.2) is 58.5 Å². The summed E-state index contributed by atoms with van der Waals surface area (Å²) in [6.07, 6.45) is -3.51. The Bertz CT molecular complexity index is 1130. The standard InChI is InChI=1S/C18H10ClF3N4O2/c19-9-3-1-4-10(7-9)26-17-14(15(25-26)18(20,21)22)13(12-5-2-6-27-12)11(8-23)16(24)28-17/h1-7,13H,24H2. The van der Waals surface area contributed by atoms with Crippen LogP contribution in [-0.2, 0) is 6.18 Å². The van der Waals surface area contributed by atoms with Crippen LogP contribution in [0.3, 0.4) is 0 Å². The van der Waals surface area contributed by atoms with Crippen molar-refractivity contribution in [2.45, 2.75) is 12.1 Å². The summed E-state index contributed by atoms with van der Waals surface area (Å²) in [5.41, 5.74) is 4.33. The maximum absolute atomic E-state index is 13.8. The van der Waals surface area contributed by atoms with Gasteiger partial charge in [-0.2, -0.15) is 28.2 Å². The van der Waals surface area contributed by atoms with Gasteiger partial charge in [-0.15, -0.1) is 0 Å². The number of allylic oxidation sites excluding steroid dienone is 1. The Kier molecular flexibility index (Phi) is 4.08. The van der Waals surface area contributed by atoms with Gasteiger partial charge in [-0.05, 0) is 30.3 Å². The number of hydrogen-bond donors (Lipinski definition) is 1. The number of aromatic nitrogens is 2. The molecule has 6 nitrogen and oxygen atoms in total. The number of hydrogen-bond acceptors (Lipinski definition) is 5. The van der Waals surface area contributed by atoms with Gasteiger partial charge in [-0.3, -0.25) is 0 Å². The number of fused-ring (bicyclic) bond motifs is 1. The summed E-state index contributed by atoms with van der Waals surface area (Å²) in [6, 6.07) is 10.9. The minimum Gasteiger partial charge on any atom is -0.468 e. The van der Waals surface area contributed by atoms with Crippen molar-refractivity contribution < 1.29 is 22.3 Å². The first-order valence-corrected chi connectivity index (χ1v) is 8.26. The fourth-order valence-electron chi connectivity index (χ4n) is 3.07. The lowest BCUT2D eigenvalue weighted by molar-refractivity contribution is -0.142. The van der Waals surface area contributed by atoms with Gasteiger partial charge in [-0.1, -0.05) is 17.7 Å². The molecule has 2 N–H and O–H groups in total. The highest BCUT2D eigenvalue weighted by Gasteiger charge is 2.47. The van der Waals surface area contributed by atoms with Crippen molar-refractivity contribution in [1.29, 1.82) is 5.26 Å². The topological polar surface area (TPSA) is 90.0 Å². The van der Waals surface area contributed by atoms with E-state index in [1.165, 1.54) is 30.5 Å². The molecule has 0 saturated carbocycles. The molecule has 4 rings (SSSR count). The maximum Gasteiger partial charge on any atom is 0.435 e. The number of nitriles is 1. The van der Waals surface area contributed by atoms with E-state index < -0.39 is 17.8 Å². The lowest BCUT2D eigenvalue weighted by atomic mass is 9.88. The Hall–Kier alpha value is -3.38. The second-order valence-corrected chi connectivity index (χ2v) is 6.33. The largest absolute Gasteiger partial charge is 0.468 e. The molecule has 1 unspecified atom stereocenters. The van der Waals surface area contributed by atoms with E-state index in [4.69, 9.17) is 26.5 Å². The molecular formula is C18H10ClF3N4O2. The van der Waals surface area contributed by atoms with Crippen LogP contribution in [-0.4, -0.2) is 9.78 Å². The lowest BCUT2D eigenvalue weighted by Crippen LogP contribution is -2.23. The van der Waals surface area contributed by atoms with Crippen molar-refractivity contribution in [2.75, 3.05) is 0 Å². The molecule has 0 aliphatic carbocycles. The number of ether oxygens (including phenoxy) is 1. The van der Waals surface area contributed by atoms with Crippen molar-refractivity contribution in [3.05, 3.63) is 76.2 Å². The van der Waals surface area contributed by atoms with Crippen molar-refractivity contribution in [3.63, 3.8) is 0 Å². The Balaban J connectivity index is 2.05. The molecule has 1 aliphatic heterocycles. The third-order valence-corrected chi connectivity index (χ3v) is 4.43. The van der Waals surface area contributed by atoms with Crippen LogP contribution in [0.4, 0.5) is 13.2 Å². The lowest BCUT2D eigenvalue weighted by Gasteiger charge is -2.23. The first-order chi connectivity index (χ1) is 13.3. The fourth-order valence-corrected chi connectivity index (χ4v) is 3.26. The molecule has 142 valence electrons. The first kappa shape index (κ1) is 18.0. The van der Waals surface area contributed by atoms with E-state index in [1.54, 1.807) is 12.1 Å². The van der Waals surface area contributed by atoms with E-state index in [0.717, 1.165) is 4.68 Å². The summed E-state index contributed by atoms with van der Waals surface area (Å²) in [5, 5.41) is 13.5. The molecule has 1 aliphatic rings. The highest BCUT2D eigenvalue weighted by Crippen LogP contribution is 2.48. The molecule has 3 heterocycles. The smallest absolute Gasteiger partial charge is 0.435 e. The van der Waals surface area contributed by atoms with Gasteiger partial charge in [0.15, 0.2) is 5.69 Å². The second kappa shape index (κ2) is 6.35. The molecule has 0 fully saturated rings. The molecule has 1 atom stereocenters. The molecule has 0 radical (unpaired) electrons. The number of alkyl halides is 3. The zero-order valence-corrected chi connectivity index (χ0v) is 14.6. The van der Waals surface area contributed by atoms with Gasteiger partial charge in [0, 0.05) is 5.02 Å². The van der Waals surface area contributed by atoms with Crippen LogP contribution >= 0.6 is 11.6 Å². The molecule has 0 saturated heterocycles. The van der Waals surface area contributed by atoms with Crippen LogP contribution in [0.1, 0.15) is 22.9 Å². The molecule has 1 aromatic carbocycles. The van der Waals surface area contributed by atoms with Gasteiger partial charge < -0.3 is 14.9 Å². The minimum atomic E-state index is -4.81. The molecule has 0 spiro atoms. The minimum absolute atomic E-state index is 0.111. The SMILES string of the molecule is N#CC1=C(N)Oc2c(c(C(F)(F)F)nn2-c2cccc(Cl)c2)C1c1ccco1. The zero-order valence-electron chi connectivity index (χ0n) is 13.9. The molecular weight excluding hydrogens is 397 g/mol. The van der Waals surface area contributed by atoms with E-state index in [1.807, 2.05) is 6.07 Å². The summed E-state index contributed by atoms with van der Waals surface area (Å²) >= 11 is 5.96. The van der Waals surface area contributed by atoms with Crippen molar-refractivity contribution >= 4 is 11.6 Å². The predicted octanol–water partition coefficient (Wildman–Crippen LogP) is 4.36. The number of benzene rings is 1. The average molecular weight is 407 g/mol. The van der Waals surface area contributed by atoms with E-state index >= 15 is 0 Å². The molecule has 0 amide bonds. The number of rotatable bonds is 2. The Labute approximate surface area is 161 Å². The molecule has 10 heteroatoms. The highest BCUT2D eigenvalue weighted by atomic mass is 35.5. The molecule has 28 heavy (non-hydrogen) atoms. The summed E-state index contributed by atoms with van der Waals surface area (Å²) in [6.45, 7) is 0. The zero-order chi connectivity index (χ0) is 20.1. The normalized spacial score (nSPS) is 16.5. The van der Waals surface area contributed by atoms with Gasteiger partial charge in [0.1, 0.15) is 17.4 Å². The van der Waals surface area contributed by atoms with Crippen LogP contribution in [0.2, 0.25) is 5.02 Å². The van der Waals surface area contributed by atoms with Crippen molar-refractivity contribution in [2.24, 2.45) is 5.73 Å². The van der Waals surface area contributed by atoms with Gasteiger partial charge in [0.05, 0.1) is 23.4 Å². The van der Waals surface area contributed by atoms with Crippen LogP contribution in [0, 0.1) is 11.3 Å². The molecule has 3 aromatic rings. The second-order valence-electron chi connectivity index (χ2n) is 5.90. The summed E-state index contributed by atoms with van der Waals surface area (Å²) in [7, 11) is 0. The van der Waals surface area contributed by atoms with Gasteiger partial charge in [0.2, 0.25) is 11.8 Å². The summed E-state index contributed by atoms with van der Waals surface area (Å²) < 4.78 is 53.1. The number of furan rings is 1. The Morgan fingerprint density at radius 1 is 1.25 bits per heavy atom. The Morgan fingerprint density at radius 2 is 2.04 bits per heavy atom. The number of nitrogens with zero attached hydrogens (tertiary/aromatic N) is 3. The van der Waals surface area contributed by atoms with Crippen LogP contribution in [0.25, 0.3) is 5.69 Å². The first-order valence-electron chi connectivity index (χ1n) is 7.88. The number of nitrogens with two attached hydrogens (primary N) is 1. The average Bonchev–Trinajstić information content (AvgIpc) is 3.28. The highest BCUT2D eigenvalue weighted by molar-refractivity contribution is 6.30. The van der Waals surface area contributed by atoms with Gasteiger partial charge in [0.25, 0.3) is 0 Å². The Morgan fingerprint density at radius 3 is 2.64 bits per heavy atom. The third-order valence-electron chi connectivity index (χ3n) is 4.20. The maximum atomic E-state index is 13.8. The molecule has 2 aromatic heterocycles. The van der Waals surface area contributed by atoms with E-state index in [9.17, 15) is 18.4 Å². The molecule has 0 bridgehead atoms. The van der Waals surface area contributed by atoms with Gasteiger partial charge in [-0.25, -0.2) is 0 Å². The van der Waals surface area contributed by atoms with E-state index in [0.29, 0.717) is 5.02 Å². The predicted molar refractivity (Wildman–Crippen MR) is 91.6 cm³/mol. The van der Waals surface area contributed by atoms with Crippen LogP contribution < -0.4 is 10.5 Å².